The maximum Gasteiger partial charge on any atom is 0.0132 e. The molecule has 1 aliphatic carbocycles. The van der Waals surface area contributed by atoms with E-state index in [1.165, 1.54) is 32.1 Å². The van der Waals surface area contributed by atoms with Crippen molar-refractivity contribution in [3.05, 3.63) is 0 Å². The molecule has 2 heteroatoms. The Morgan fingerprint density at radius 3 is 2.42 bits per heavy atom. The van der Waals surface area contributed by atoms with Crippen LogP contribution in [0.15, 0.2) is 0 Å². The van der Waals surface area contributed by atoms with Crippen LogP contribution >= 0.6 is 0 Å². The SMILES string of the molecule is CCCC(NC)C1(CN)CCC1. The number of hydrogen-bond donors (Lipinski definition) is 2. The fourth-order valence-electron chi connectivity index (χ4n) is 2.37. The van der Waals surface area contributed by atoms with E-state index in [9.17, 15) is 0 Å². The van der Waals surface area contributed by atoms with Crippen LogP contribution in [-0.4, -0.2) is 19.6 Å². The van der Waals surface area contributed by atoms with E-state index in [2.05, 4.69) is 19.3 Å². The molecule has 3 N–H and O–H groups in total. The Hall–Kier alpha value is -0.0800. The summed E-state index contributed by atoms with van der Waals surface area (Å²) >= 11 is 0. The van der Waals surface area contributed by atoms with Crippen molar-refractivity contribution in [1.29, 1.82) is 0 Å². The molecule has 2 nitrogen and oxygen atoms in total. The van der Waals surface area contributed by atoms with Crippen molar-refractivity contribution in [2.24, 2.45) is 11.1 Å². The van der Waals surface area contributed by atoms with Gasteiger partial charge in [0.15, 0.2) is 0 Å². The second-order valence-electron chi connectivity index (χ2n) is 4.05. The first-order valence-electron chi connectivity index (χ1n) is 5.16. The second-order valence-corrected chi connectivity index (χ2v) is 4.05. The van der Waals surface area contributed by atoms with Crippen molar-refractivity contribution in [3.63, 3.8) is 0 Å². The van der Waals surface area contributed by atoms with Crippen molar-refractivity contribution in [2.75, 3.05) is 13.6 Å². The van der Waals surface area contributed by atoms with Gasteiger partial charge in [0.1, 0.15) is 0 Å². The zero-order valence-corrected chi connectivity index (χ0v) is 8.40. The monoisotopic (exact) mass is 170 g/mol. The van der Waals surface area contributed by atoms with Gasteiger partial charge in [0.05, 0.1) is 0 Å². The molecule has 0 spiro atoms. The maximum atomic E-state index is 5.84. The Morgan fingerprint density at radius 1 is 1.50 bits per heavy atom. The molecule has 0 heterocycles. The smallest absolute Gasteiger partial charge is 0.0132 e. The quantitative estimate of drug-likeness (QED) is 0.656. The molecule has 0 aromatic carbocycles. The molecule has 12 heavy (non-hydrogen) atoms. The molecule has 72 valence electrons. The number of nitrogens with one attached hydrogen (secondary N) is 1. The van der Waals surface area contributed by atoms with Crippen LogP contribution in [0.5, 0.6) is 0 Å². The van der Waals surface area contributed by atoms with E-state index in [1.807, 2.05) is 0 Å². The van der Waals surface area contributed by atoms with E-state index < -0.39 is 0 Å². The summed E-state index contributed by atoms with van der Waals surface area (Å²) in [5, 5.41) is 3.42. The van der Waals surface area contributed by atoms with Gasteiger partial charge in [0.2, 0.25) is 0 Å². The summed E-state index contributed by atoms with van der Waals surface area (Å²) in [4.78, 5) is 0. The molecule has 1 saturated carbocycles. The molecule has 1 atom stereocenters. The van der Waals surface area contributed by atoms with E-state index in [1.54, 1.807) is 0 Å². The average Bonchev–Trinajstić information content (AvgIpc) is 2.02. The summed E-state index contributed by atoms with van der Waals surface area (Å²) in [5.74, 6) is 0. The topological polar surface area (TPSA) is 38.0 Å². The second kappa shape index (κ2) is 4.24. The van der Waals surface area contributed by atoms with Crippen LogP contribution in [0.3, 0.4) is 0 Å². The number of nitrogens with two attached hydrogens (primary N) is 1. The maximum absolute atomic E-state index is 5.84. The predicted octanol–water partition coefficient (Wildman–Crippen LogP) is 1.50. The van der Waals surface area contributed by atoms with Crippen molar-refractivity contribution in [2.45, 2.75) is 45.1 Å². The molecule has 1 aliphatic rings. The first kappa shape index (κ1) is 10.0. The lowest BCUT2D eigenvalue weighted by atomic mass is 9.63. The number of rotatable bonds is 5. The zero-order chi connectivity index (χ0) is 9.03. The van der Waals surface area contributed by atoms with Crippen LogP contribution in [0.4, 0.5) is 0 Å². The van der Waals surface area contributed by atoms with Gasteiger partial charge in [-0.15, -0.1) is 0 Å². The van der Waals surface area contributed by atoms with E-state index in [0.29, 0.717) is 11.5 Å². The van der Waals surface area contributed by atoms with Gasteiger partial charge in [-0.3, -0.25) is 0 Å². The number of hydrogen-bond acceptors (Lipinski definition) is 2. The lowest BCUT2D eigenvalue weighted by Gasteiger charge is -2.47. The van der Waals surface area contributed by atoms with Crippen LogP contribution < -0.4 is 11.1 Å². The minimum Gasteiger partial charge on any atom is -0.330 e. The molecule has 0 aromatic heterocycles. The zero-order valence-electron chi connectivity index (χ0n) is 8.40. The van der Waals surface area contributed by atoms with Gasteiger partial charge in [0.25, 0.3) is 0 Å². The molecule has 0 aromatic rings. The minimum atomic E-state index is 0.449. The van der Waals surface area contributed by atoms with Gasteiger partial charge in [0, 0.05) is 6.04 Å². The standard InChI is InChI=1S/C10H22N2/c1-3-5-9(12-2)10(8-11)6-4-7-10/h9,12H,3-8,11H2,1-2H3. The van der Waals surface area contributed by atoms with Gasteiger partial charge in [-0.2, -0.15) is 0 Å². The Labute approximate surface area is 75.9 Å². The van der Waals surface area contributed by atoms with Gasteiger partial charge in [-0.25, -0.2) is 0 Å². The van der Waals surface area contributed by atoms with E-state index in [-0.39, 0.29) is 0 Å². The van der Waals surface area contributed by atoms with Crippen LogP contribution in [-0.2, 0) is 0 Å². The van der Waals surface area contributed by atoms with Crippen LogP contribution in [0.1, 0.15) is 39.0 Å². The molecule has 0 radical (unpaired) electrons. The highest BCUT2D eigenvalue weighted by Gasteiger charge is 2.41. The van der Waals surface area contributed by atoms with E-state index in [4.69, 9.17) is 5.73 Å². The largest absolute Gasteiger partial charge is 0.330 e. The summed E-state index contributed by atoms with van der Waals surface area (Å²) in [6.45, 7) is 3.10. The third kappa shape index (κ3) is 1.64. The summed E-state index contributed by atoms with van der Waals surface area (Å²) in [7, 11) is 2.07. The molecule has 0 bridgehead atoms. The molecular formula is C10H22N2. The summed E-state index contributed by atoms with van der Waals surface area (Å²) in [6.07, 6.45) is 6.56. The van der Waals surface area contributed by atoms with E-state index in [0.717, 1.165) is 6.54 Å². The molecule has 1 unspecified atom stereocenters. The molecule has 0 saturated heterocycles. The normalized spacial score (nSPS) is 23.2. The van der Waals surface area contributed by atoms with Gasteiger partial charge in [-0.1, -0.05) is 19.8 Å². The highest BCUT2D eigenvalue weighted by atomic mass is 14.9. The Morgan fingerprint density at radius 2 is 2.17 bits per heavy atom. The Kier molecular flexibility index (Phi) is 3.53. The fourth-order valence-corrected chi connectivity index (χ4v) is 2.37. The summed E-state index contributed by atoms with van der Waals surface area (Å²) < 4.78 is 0. The lowest BCUT2D eigenvalue weighted by molar-refractivity contribution is 0.0829. The van der Waals surface area contributed by atoms with Crippen LogP contribution in [0, 0.1) is 5.41 Å². The van der Waals surface area contributed by atoms with Gasteiger partial charge < -0.3 is 11.1 Å². The Balaban J connectivity index is 2.49. The molecule has 0 aliphatic heterocycles. The molecule has 0 amide bonds. The highest BCUT2D eigenvalue weighted by Crippen LogP contribution is 2.44. The van der Waals surface area contributed by atoms with Crippen molar-refractivity contribution < 1.29 is 0 Å². The van der Waals surface area contributed by atoms with E-state index >= 15 is 0 Å². The Bertz CT molecular complexity index is 124. The molecular weight excluding hydrogens is 148 g/mol. The predicted molar refractivity (Wildman–Crippen MR) is 53.1 cm³/mol. The fraction of sp³-hybridized carbons (Fsp3) is 1.00. The van der Waals surface area contributed by atoms with Crippen LogP contribution in [0.25, 0.3) is 0 Å². The summed E-state index contributed by atoms with van der Waals surface area (Å²) in [5.41, 5.74) is 6.28. The first-order valence-corrected chi connectivity index (χ1v) is 5.16. The summed E-state index contributed by atoms with van der Waals surface area (Å²) in [6, 6.07) is 0.654. The lowest BCUT2D eigenvalue weighted by Crippen LogP contribution is -2.52. The minimum absolute atomic E-state index is 0.449. The average molecular weight is 170 g/mol. The molecule has 1 fully saturated rings. The highest BCUT2D eigenvalue weighted by molar-refractivity contribution is 4.97. The van der Waals surface area contributed by atoms with Gasteiger partial charge in [-0.05, 0) is 38.3 Å². The first-order chi connectivity index (χ1) is 5.79. The third-order valence-electron chi connectivity index (χ3n) is 3.42. The van der Waals surface area contributed by atoms with Crippen molar-refractivity contribution in [1.82, 2.24) is 5.32 Å². The third-order valence-corrected chi connectivity index (χ3v) is 3.42. The van der Waals surface area contributed by atoms with Crippen LogP contribution in [0.2, 0.25) is 0 Å². The van der Waals surface area contributed by atoms with Crippen molar-refractivity contribution in [3.8, 4) is 0 Å². The molecule has 1 rings (SSSR count). The van der Waals surface area contributed by atoms with Gasteiger partial charge >= 0.3 is 0 Å². The van der Waals surface area contributed by atoms with Crippen molar-refractivity contribution >= 4 is 0 Å².